The van der Waals surface area contributed by atoms with Crippen LogP contribution in [0, 0.1) is 10.8 Å². The van der Waals surface area contributed by atoms with Crippen molar-refractivity contribution < 1.29 is 38.1 Å². The average Bonchev–Trinajstić information content (AvgIpc) is 2.71. The van der Waals surface area contributed by atoms with Crippen LogP contribution in [0.5, 0.6) is 0 Å². The average molecular weight is 455 g/mol. The van der Waals surface area contributed by atoms with Crippen molar-refractivity contribution >= 4 is 24.1 Å². The molecule has 1 unspecified atom stereocenters. The molecule has 0 bridgehead atoms. The Morgan fingerprint density at radius 2 is 1.34 bits per heavy atom. The van der Waals surface area contributed by atoms with Crippen molar-refractivity contribution in [1.29, 1.82) is 0 Å². The summed E-state index contributed by atoms with van der Waals surface area (Å²) in [6.45, 7) is 12.9. The summed E-state index contributed by atoms with van der Waals surface area (Å²) in [6.07, 6.45) is 3.09. The predicted octanol–water partition coefficient (Wildman–Crippen LogP) is 2.48. The lowest BCUT2D eigenvalue weighted by atomic mass is 9.62. The van der Waals surface area contributed by atoms with E-state index in [2.05, 4.69) is 37.6 Å². The highest BCUT2D eigenvalue weighted by molar-refractivity contribution is 5.81. The Labute approximate surface area is 188 Å². The van der Waals surface area contributed by atoms with E-state index >= 15 is 0 Å². The second-order valence-electron chi connectivity index (χ2n) is 8.77. The number of esters is 2. The molecule has 1 fully saturated rings. The zero-order chi connectivity index (χ0) is 24.2. The molecule has 0 aromatic carbocycles. The molecule has 0 saturated heterocycles. The van der Waals surface area contributed by atoms with Crippen molar-refractivity contribution in [2.75, 3.05) is 33.0 Å². The highest BCUT2D eigenvalue weighted by Gasteiger charge is 2.42. The van der Waals surface area contributed by atoms with Crippen molar-refractivity contribution in [3.8, 4) is 0 Å². The van der Waals surface area contributed by atoms with Gasteiger partial charge in [-0.1, -0.05) is 33.9 Å². The van der Waals surface area contributed by atoms with E-state index in [4.69, 9.17) is 18.9 Å². The van der Waals surface area contributed by atoms with Crippen LogP contribution in [0.25, 0.3) is 0 Å². The van der Waals surface area contributed by atoms with Gasteiger partial charge in [0.25, 0.3) is 0 Å². The van der Waals surface area contributed by atoms with Crippen molar-refractivity contribution in [2.24, 2.45) is 10.8 Å². The number of rotatable bonds is 11. The van der Waals surface area contributed by atoms with E-state index in [0.29, 0.717) is 13.0 Å². The highest BCUT2D eigenvalue weighted by Crippen LogP contribution is 2.45. The molecule has 2 amide bonds. The van der Waals surface area contributed by atoms with Crippen LogP contribution in [0.3, 0.4) is 0 Å². The van der Waals surface area contributed by atoms with E-state index in [1.807, 2.05) is 6.92 Å². The summed E-state index contributed by atoms with van der Waals surface area (Å²) >= 11 is 0. The molecular weight excluding hydrogens is 420 g/mol. The summed E-state index contributed by atoms with van der Waals surface area (Å²) in [6, 6.07) is -0.150. The Bertz CT molecular complexity index is 706. The van der Waals surface area contributed by atoms with E-state index in [1.54, 1.807) is 0 Å². The second-order valence-corrected chi connectivity index (χ2v) is 8.77. The summed E-state index contributed by atoms with van der Waals surface area (Å²) in [4.78, 5) is 46.0. The maximum Gasteiger partial charge on any atom is 0.407 e. The molecule has 10 nitrogen and oxygen atoms in total. The van der Waals surface area contributed by atoms with Gasteiger partial charge in [-0.3, -0.25) is 0 Å². The third-order valence-corrected chi connectivity index (χ3v) is 4.88. The summed E-state index contributed by atoms with van der Waals surface area (Å²) in [5.41, 5.74) is -0.359. The molecule has 0 aromatic rings. The summed E-state index contributed by atoms with van der Waals surface area (Å²) < 4.78 is 19.6. The van der Waals surface area contributed by atoms with Gasteiger partial charge < -0.3 is 29.6 Å². The molecule has 2 N–H and O–H groups in total. The van der Waals surface area contributed by atoms with Crippen molar-refractivity contribution in [3.63, 3.8) is 0 Å². The van der Waals surface area contributed by atoms with Crippen LogP contribution in [0.2, 0.25) is 0 Å². The first-order valence-corrected chi connectivity index (χ1v) is 10.4. The zero-order valence-electron chi connectivity index (χ0n) is 19.1. The molecule has 10 heteroatoms. The number of amides is 2. The monoisotopic (exact) mass is 454 g/mol. The summed E-state index contributed by atoms with van der Waals surface area (Å²) in [5, 5.41) is 5.60. The van der Waals surface area contributed by atoms with Crippen LogP contribution in [-0.4, -0.2) is 63.1 Å². The molecule has 1 aliphatic carbocycles. The molecule has 180 valence electrons. The minimum atomic E-state index is -0.609. The Hall–Kier alpha value is -3.04. The summed E-state index contributed by atoms with van der Waals surface area (Å²) in [7, 11) is 0. The number of alkyl carbamates (subject to hydrolysis) is 2. The fraction of sp³-hybridized carbons (Fsp3) is 0.636. The maximum atomic E-state index is 12.1. The van der Waals surface area contributed by atoms with Crippen LogP contribution in [-0.2, 0) is 28.5 Å². The minimum absolute atomic E-state index is 0.0506. The fourth-order valence-electron chi connectivity index (χ4n) is 4.09. The third kappa shape index (κ3) is 10.8. The van der Waals surface area contributed by atoms with Crippen LogP contribution in [0.4, 0.5) is 9.59 Å². The van der Waals surface area contributed by atoms with Gasteiger partial charge >= 0.3 is 24.1 Å². The molecule has 0 aliphatic heterocycles. The van der Waals surface area contributed by atoms with E-state index in [-0.39, 0.29) is 43.3 Å². The third-order valence-electron chi connectivity index (χ3n) is 4.88. The molecule has 0 heterocycles. The lowest BCUT2D eigenvalue weighted by Crippen LogP contribution is -2.50. The number of nitrogens with one attached hydrogen (secondary N) is 2. The van der Waals surface area contributed by atoms with Gasteiger partial charge in [0.05, 0.1) is 0 Å². The Balaban J connectivity index is 2.46. The Kier molecular flexibility index (Phi) is 10.7. The lowest BCUT2D eigenvalue weighted by Gasteiger charge is -2.46. The molecule has 1 rings (SSSR count). The van der Waals surface area contributed by atoms with Gasteiger partial charge in [-0.05, 0) is 30.1 Å². The lowest BCUT2D eigenvalue weighted by molar-refractivity contribution is -0.139. The number of ether oxygens (including phenoxy) is 4. The highest BCUT2D eigenvalue weighted by atomic mass is 16.6. The SMILES string of the molecule is C=CC(=O)OCCOC(=O)NC[C@]1(C)CC(NC(=O)OCCOC(=O)C=C)CC(C)(C)C1. The van der Waals surface area contributed by atoms with Gasteiger partial charge in [-0.25, -0.2) is 19.2 Å². The number of carbonyl (C=O) groups is 4. The molecule has 1 saturated carbocycles. The van der Waals surface area contributed by atoms with E-state index < -0.39 is 24.1 Å². The van der Waals surface area contributed by atoms with Gasteiger partial charge in [-0.15, -0.1) is 0 Å². The topological polar surface area (TPSA) is 129 Å². The number of carbonyl (C=O) groups excluding carboxylic acids is 4. The van der Waals surface area contributed by atoms with Gasteiger partial charge in [0, 0.05) is 24.7 Å². The smallest absolute Gasteiger partial charge is 0.407 e. The summed E-state index contributed by atoms with van der Waals surface area (Å²) in [5.74, 6) is -1.16. The van der Waals surface area contributed by atoms with E-state index in [9.17, 15) is 19.2 Å². The Morgan fingerprint density at radius 1 is 0.844 bits per heavy atom. The van der Waals surface area contributed by atoms with Gasteiger partial charge in [0.1, 0.15) is 26.4 Å². The van der Waals surface area contributed by atoms with E-state index in [1.165, 1.54) is 0 Å². The quantitative estimate of drug-likeness (QED) is 0.211. The molecule has 0 spiro atoms. The zero-order valence-corrected chi connectivity index (χ0v) is 19.1. The van der Waals surface area contributed by atoms with Crippen LogP contribution >= 0.6 is 0 Å². The van der Waals surface area contributed by atoms with Gasteiger partial charge in [0.15, 0.2) is 0 Å². The number of hydrogen-bond donors (Lipinski definition) is 2. The minimum Gasteiger partial charge on any atom is -0.459 e. The second kappa shape index (κ2) is 12.7. The largest absolute Gasteiger partial charge is 0.459 e. The predicted molar refractivity (Wildman–Crippen MR) is 116 cm³/mol. The first kappa shape index (κ1) is 27.0. The Morgan fingerprint density at radius 3 is 1.88 bits per heavy atom. The van der Waals surface area contributed by atoms with Crippen molar-refractivity contribution in [2.45, 2.75) is 46.1 Å². The van der Waals surface area contributed by atoms with Crippen LogP contribution in [0.15, 0.2) is 25.3 Å². The first-order chi connectivity index (χ1) is 15.0. The van der Waals surface area contributed by atoms with Gasteiger partial charge in [-0.2, -0.15) is 0 Å². The molecule has 0 radical (unpaired) electrons. The molecule has 1 aliphatic rings. The van der Waals surface area contributed by atoms with Crippen molar-refractivity contribution in [3.05, 3.63) is 25.3 Å². The number of hydrogen-bond acceptors (Lipinski definition) is 8. The maximum absolute atomic E-state index is 12.1. The van der Waals surface area contributed by atoms with Crippen LogP contribution < -0.4 is 10.6 Å². The van der Waals surface area contributed by atoms with E-state index in [0.717, 1.165) is 25.0 Å². The van der Waals surface area contributed by atoms with Gasteiger partial charge in [0.2, 0.25) is 0 Å². The van der Waals surface area contributed by atoms with Crippen LogP contribution in [0.1, 0.15) is 40.0 Å². The normalized spacial score (nSPS) is 21.4. The molecule has 2 atom stereocenters. The molecule has 32 heavy (non-hydrogen) atoms. The molecule has 0 aromatic heterocycles. The fourth-order valence-corrected chi connectivity index (χ4v) is 4.09. The standard InChI is InChI=1S/C22H34N2O8/c1-6-17(25)29-8-10-31-19(27)23-15-22(5)13-16(12-21(3,4)14-22)24-20(28)32-11-9-30-18(26)7-2/h6-7,16H,1-2,8-15H2,3-5H3,(H,23,27)(H,24,28)/t16?,22-/m1/s1. The first-order valence-electron chi connectivity index (χ1n) is 10.4. The van der Waals surface area contributed by atoms with Crippen molar-refractivity contribution in [1.82, 2.24) is 10.6 Å². The molecular formula is C22H34N2O8.